The molecule has 1 aromatic heterocycles. The zero-order valence-corrected chi connectivity index (χ0v) is 12.8. The van der Waals surface area contributed by atoms with Gasteiger partial charge in [-0.3, -0.25) is 4.79 Å². The summed E-state index contributed by atoms with van der Waals surface area (Å²) in [6.07, 6.45) is 0. The fourth-order valence-electron chi connectivity index (χ4n) is 1.60. The number of phenols is 1. The predicted octanol–water partition coefficient (Wildman–Crippen LogP) is 3.45. The van der Waals surface area contributed by atoms with Gasteiger partial charge >= 0.3 is 0 Å². The number of benzene rings is 1. The third-order valence-corrected chi connectivity index (χ3v) is 3.64. The van der Waals surface area contributed by atoms with Crippen molar-refractivity contribution in [2.45, 2.75) is 26.2 Å². The number of carbonyl (C=O) groups is 1. The summed E-state index contributed by atoms with van der Waals surface area (Å²) in [6.45, 7) is 5.91. The number of nitrogens with one attached hydrogen (secondary N) is 1. The number of halogens is 1. The van der Waals surface area contributed by atoms with Crippen molar-refractivity contribution in [1.82, 2.24) is 9.59 Å². The number of phenolic OH excluding ortho intramolecular Hbond substituents is 1. The molecule has 0 spiro atoms. The highest BCUT2D eigenvalue weighted by atomic mass is 35.5. The van der Waals surface area contributed by atoms with Gasteiger partial charge in [-0.25, -0.2) is 0 Å². The second-order valence-corrected chi connectivity index (χ2v) is 6.48. The molecule has 0 bridgehead atoms. The van der Waals surface area contributed by atoms with Crippen molar-refractivity contribution >= 4 is 34.7 Å². The third-order valence-electron chi connectivity index (χ3n) is 2.61. The van der Waals surface area contributed by atoms with Crippen LogP contribution in [-0.4, -0.2) is 20.6 Å². The van der Waals surface area contributed by atoms with E-state index in [2.05, 4.69) is 14.9 Å². The molecular weight excluding hydrogens is 298 g/mol. The lowest BCUT2D eigenvalue weighted by Gasteiger charge is -2.16. The van der Waals surface area contributed by atoms with Gasteiger partial charge in [0.2, 0.25) is 0 Å². The Hall–Kier alpha value is -1.66. The monoisotopic (exact) mass is 311 g/mol. The standard InChI is InChI=1S/C13H14ClN3O2S/c1-13(2,3)11-10(20-17-16-11)12(19)15-7-4-5-9(18)8(14)6-7/h4-6,18H,1-3H3,(H,15,19). The average Bonchev–Trinajstić information content (AvgIpc) is 2.83. The quantitative estimate of drug-likeness (QED) is 0.833. The van der Waals surface area contributed by atoms with Crippen LogP contribution < -0.4 is 5.32 Å². The molecule has 0 fully saturated rings. The normalized spacial score (nSPS) is 11.4. The molecule has 1 heterocycles. The lowest BCUT2D eigenvalue weighted by molar-refractivity contribution is 0.102. The summed E-state index contributed by atoms with van der Waals surface area (Å²) in [6, 6.07) is 4.48. The molecule has 2 N–H and O–H groups in total. The Kier molecular flexibility index (Phi) is 3.96. The SMILES string of the molecule is CC(C)(C)c1nnsc1C(=O)Nc1ccc(O)c(Cl)c1. The van der Waals surface area contributed by atoms with Gasteiger partial charge in [0, 0.05) is 11.1 Å². The lowest BCUT2D eigenvalue weighted by Crippen LogP contribution is -2.19. The van der Waals surface area contributed by atoms with Gasteiger partial charge in [0.15, 0.2) is 0 Å². The van der Waals surface area contributed by atoms with Crippen LogP contribution in [0.4, 0.5) is 5.69 Å². The van der Waals surface area contributed by atoms with Gasteiger partial charge in [-0.1, -0.05) is 36.9 Å². The molecule has 0 radical (unpaired) electrons. The van der Waals surface area contributed by atoms with Crippen molar-refractivity contribution in [3.05, 3.63) is 33.8 Å². The minimum atomic E-state index is -0.285. The molecular formula is C13H14ClN3O2S. The van der Waals surface area contributed by atoms with Gasteiger partial charge in [-0.05, 0) is 29.7 Å². The van der Waals surface area contributed by atoms with Gasteiger partial charge in [-0.15, -0.1) is 5.10 Å². The molecule has 5 nitrogen and oxygen atoms in total. The number of aromatic nitrogens is 2. The summed E-state index contributed by atoms with van der Waals surface area (Å²) in [5.74, 6) is -0.314. The van der Waals surface area contributed by atoms with E-state index in [1.54, 1.807) is 6.07 Å². The van der Waals surface area contributed by atoms with Crippen LogP contribution in [0.5, 0.6) is 5.75 Å². The summed E-state index contributed by atoms with van der Waals surface area (Å²) in [7, 11) is 0. The Labute approximate surface area is 125 Å². The summed E-state index contributed by atoms with van der Waals surface area (Å²) in [5, 5.41) is 16.3. The molecule has 106 valence electrons. The predicted molar refractivity (Wildman–Crippen MR) is 79.7 cm³/mol. The number of anilines is 1. The first-order valence-electron chi connectivity index (χ1n) is 5.92. The second-order valence-electron chi connectivity index (χ2n) is 5.32. The van der Waals surface area contributed by atoms with Crippen LogP contribution in [0.3, 0.4) is 0 Å². The molecule has 2 aromatic rings. The zero-order valence-electron chi connectivity index (χ0n) is 11.3. The molecule has 2 rings (SSSR count). The van der Waals surface area contributed by atoms with E-state index >= 15 is 0 Å². The topological polar surface area (TPSA) is 75.1 Å². The maximum absolute atomic E-state index is 12.3. The van der Waals surface area contributed by atoms with Crippen LogP contribution in [0.25, 0.3) is 0 Å². The number of nitrogens with zero attached hydrogens (tertiary/aromatic N) is 2. The number of hydrogen-bond donors (Lipinski definition) is 2. The van der Waals surface area contributed by atoms with E-state index in [4.69, 9.17) is 11.6 Å². The van der Waals surface area contributed by atoms with Gasteiger partial charge in [0.05, 0.1) is 10.7 Å². The highest BCUT2D eigenvalue weighted by molar-refractivity contribution is 7.08. The van der Waals surface area contributed by atoms with Crippen LogP contribution in [0, 0.1) is 0 Å². The fourth-order valence-corrected chi connectivity index (χ4v) is 2.55. The van der Waals surface area contributed by atoms with Crippen molar-refractivity contribution in [1.29, 1.82) is 0 Å². The smallest absolute Gasteiger partial charge is 0.269 e. The Bertz CT molecular complexity index is 649. The first-order valence-corrected chi connectivity index (χ1v) is 7.07. The van der Waals surface area contributed by atoms with Crippen LogP contribution in [0.15, 0.2) is 18.2 Å². The van der Waals surface area contributed by atoms with Gasteiger partial charge in [0.25, 0.3) is 5.91 Å². The molecule has 0 saturated carbocycles. The van der Waals surface area contributed by atoms with Crippen molar-refractivity contribution in [2.75, 3.05) is 5.32 Å². The number of carbonyl (C=O) groups excluding carboxylic acids is 1. The Morgan fingerprint density at radius 3 is 2.70 bits per heavy atom. The highest BCUT2D eigenvalue weighted by Gasteiger charge is 2.26. The van der Waals surface area contributed by atoms with Crippen LogP contribution in [-0.2, 0) is 5.41 Å². The third kappa shape index (κ3) is 3.08. The summed E-state index contributed by atoms with van der Waals surface area (Å²) in [5.41, 5.74) is 0.905. The van der Waals surface area contributed by atoms with Crippen LogP contribution >= 0.6 is 23.1 Å². The average molecular weight is 312 g/mol. The lowest BCUT2D eigenvalue weighted by atomic mass is 9.91. The Morgan fingerprint density at radius 2 is 2.10 bits per heavy atom. The van der Waals surface area contributed by atoms with E-state index in [9.17, 15) is 9.90 Å². The summed E-state index contributed by atoms with van der Waals surface area (Å²) < 4.78 is 3.85. The zero-order chi connectivity index (χ0) is 14.9. The maximum Gasteiger partial charge on any atom is 0.269 e. The molecule has 0 aliphatic heterocycles. The van der Waals surface area contributed by atoms with Gasteiger partial charge in [-0.2, -0.15) is 0 Å². The second kappa shape index (κ2) is 5.38. The van der Waals surface area contributed by atoms with Gasteiger partial charge < -0.3 is 10.4 Å². The first-order chi connectivity index (χ1) is 9.29. The van der Waals surface area contributed by atoms with Gasteiger partial charge in [0.1, 0.15) is 10.6 Å². The van der Waals surface area contributed by atoms with E-state index < -0.39 is 0 Å². The van der Waals surface area contributed by atoms with Crippen molar-refractivity contribution in [3.63, 3.8) is 0 Å². The van der Waals surface area contributed by atoms with Crippen molar-refractivity contribution in [3.8, 4) is 5.75 Å². The fraction of sp³-hybridized carbons (Fsp3) is 0.308. The van der Waals surface area contributed by atoms with E-state index in [1.807, 2.05) is 20.8 Å². The number of hydrogen-bond acceptors (Lipinski definition) is 5. The molecule has 7 heteroatoms. The largest absolute Gasteiger partial charge is 0.506 e. The molecule has 0 atom stereocenters. The minimum Gasteiger partial charge on any atom is -0.506 e. The first kappa shape index (κ1) is 14.7. The van der Waals surface area contributed by atoms with E-state index in [0.717, 1.165) is 11.5 Å². The minimum absolute atomic E-state index is 0.0282. The van der Waals surface area contributed by atoms with Crippen molar-refractivity contribution in [2.24, 2.45) is 0 Å². The van der Waals surface area contributed by atoms with Crippen LogP contribution in [0.2, 0.25) is 5.02 Å². The molecule has 20 heavy (non-hydrogen) atoms. The number of amides is 1. The molecule has 0 unspecified atom stereocenters. The molecule has 1 amide bonds. The highest BCUT2D eigenvalue weighted by Crippen LogP contribution is 2.28. The molecule has 0 saturated heterocycles. The van der Waals surface area contributed by atoms with E-state index in [0.29, 0.717) is 16.3 Å². The number of aromatic hydroxyl groups is 1. The number of rotatable bonds is 2. The molecule has 1 aromatic carbocycles. The van der Waals surface area contributed by atoms with Crippen molar-refractivity contribution < 1.29 is 9.90 Å². The van der Waals surface area contributed by atoms with E-state index in [1.165, 1.54) is 12.1 Å². The molecule has 0 aliphatic rings. The van der Waals surface area contributed by atoms with E-state index in [-0.39, 0.29) is 22.1 Å². The summed E-state index contributed by atoms with van der Waals surface area (Å²) in [4.78, 5) is 12.7. The Morgan fingerprint density at radius 1 is 1.40 bits per heavy atom. The Balaban J connectivity index is 2.25. The maximum atomic E-state index is 12.3. The van der Waals surface area contributed by atoms with Crippen LogP contribution in [0.1, 0.15) is 36.1 Å². The molecule has 0 aliphatic carbocycles. The summed E-state index contributed by atoms with van der Waals surface area (Å²) >= 11 is 6.86.